The number of hydrogen-bond donors (Lipinski definition) is 0. The SMILES string of the molecule is C=C[C@@]12CCC(=O)N1C(C(C)(C)C)OC2=O. The fourth-order valence-electron chi connectivity index (χ4n) is 2.41. The molecule has 1 amide bonds. The molecule has 4 heteroatoms. The minimum atomic E-state index is -0.908. The Kier molecular flexibility index (Phi) is 2.16. The van der Waals surface area contributed by atoms with Crippen molar-refractivity contribution in [2.24, 2.45) is 5.41 Å². The van der Waals surface area contributed by atoms with Gasteiger partial charge in [0.2, 0.25) is 5.91 Å². The minimum absolute atomic E-state index is 0.0225. The Balaban J connectivity index is 2.46. The highest BCUT2D eigenvalue weighted by atomic mass is 16.6. The minimum Gasteiger partial charge on any atom is -0.439 e. The van der Waals surface area contributed by atoms with Crippen molar-refractivity contribution in [3.8, 4) is 0 Å². The lowest BCUT2D eigenvalue weighted by Crippen LogP contribution is -2.49. The Labute approximate surface area is 95.2 Å². The predicted molar refractivity (Wildman–Crippen MR) is 58.3 cm³/mol. The second kappa shape index (κ2) is 3.09. The molecule has 2 heterocycles. The van der Waals surface area contributed by atoms with Crippen LogP contribution in [0.15, 0.2) is 12.7 Å². The van der Waals surface area contributed by atoms with Gasteiger partial charge in [0.15, 0.2) is 11.8 Å². The van der Waals surface area contributed by atoms with Gasteiger partial charge in [0.1, 0.15) is 0 Å². The maximum Gasteiger partial charge on any atom is 0.338 e. The van der Waals surface area contributed by atoms with Gasteiger partial charge in [-0.3, -0.25) is 9.69 Å². The molecule has 2 rings (SSSR count). The number of hydrogen-bond acceptors (Lipinski definition) is 3. The topological polar surface area (TPSA) is 46.6 Å². The number of fused-ring (bicyclic) bond motifs is 1. The average molecular weight is 223 g/mol. The first-order valence-corrected chi connectivity index (χ1v) is 5.50. The molecule has 0 spiro atoms. The Morgan fingerprint density at radius 3 is 2.62 bits per heavy atom. The number of ether oxygens (including phenoxy) is 1. The van der Waals surface area contributed by atoms with Gasteiger partial charge in [-0.25, -0.2) is 4.79 Å². The Morgan fingerprint density at radius 1 is 1.50 bits per heavy atom. The van der Waals surface area contributed by atoms with Crippen molar-refractivity contribution in [1.82, 2.24) is 4.90 Å². The van der Waals surface area contributed by atoms with E-state index in [-0.39, 0.29) is 17.3 Å². The van der Waals surface area contributed by atoms with Crippen LogP contribution in [0.4, 0.5) is 0 Å². The summed E-state index contributed by atoms with van der Waals surface area (Å²) in [5.41, 5.74) is -1.19. The number of nitrogens with zero attached hydrogens (tertiary/aromatic N) is 1. The summed E-state index contributed by atoms with van der Waals surface area (Å²) in [5.74, 6) is -0.362. The van der Waals surface area contributed by atoms with Gasteiger partial charge in [-0.05, 0) is 6.42 Å². The van der Waals surface area contributed by atoms with Crippen LogP contribution in [-0.2, 0) is 14.3 Å². The Hall–Kier alpha value is -1.32. The van der Waals surface area contributed by atoms with E-state index in [1.165, 1.54) is 0 Å². The average Bonchev–Trinajstić information content (AvgIpc) is 2.65. The van der Waals surface area contributed by atoms with Crippen LogP contribution in [-0.4, -0.2) is 28.5 Å². The molecule has 2 saturated heterocycles. The number of rotatable bonds is 1. The van der Waals surface area contributed by atoms with Crippen LogP contribution in [0, 0.1) is 5.41 Å². The van der Waals surface area contributed by atoms with Gasteiger partial charge in [-0.15, -0.1) is 6.58 Å². The van der Waals surface area contributed by atoms with Gasteiger partial charge in [0.05, 0.1) is 0 Å². The molecule has 2 fully saturated rings. The van der Waals surface area contributed by atoms with Gasteiger partial charge in [0, 0.05) is 11.8 Å². The van der Waals surface area contributed by atoms with E-state index >= 15 is 0 Å². The molecule has 2 aliphatic heterocycles. The second-order valence-corrected chi connectivity index (χ2v) is 5.52. The molecule has 0 saturated carbocycles. The number of carbonyl (C=O) groups excluding carboxylic acids is 2. The Morgan fingerprint density at radius 2 is 2.12 bits per heavy atom. The fourth-order valence-corrected chi connectivity index (χ4v) is 2.41. The molecule has 0 N–H and O–H groups in total. The van der Waals surface area contributed by atoms with Crippen molar-refractivity contribution in [2.45, 2.75) is 45.4 Å². The zero-order valence-electron chi connectivity index (χ0n) is 9.95. The third kappa shape index (κ3) is 1.22. The van der Waals surface area contributed by atoms with Crippen molar-refractivity contribution in [3.05, 3.63) is 12.7 Å². The number of esters is 1. The summed E-state index contributed by atoms with van der Waals surface area (Å²) in [6.45, 7) is 9.54. The van der Waals surface area contributed by atoms with E-state index in [9.17, 15) is 9.59 Å². The number of amides is 1. The lowest BCUT2D eigenvalue weighted by molar-refractivity contribution is -0.151. The third-order valence-electron chi connectivity index (χ3n) is 3.30. The molecule has 2 aliphatic rings. The van der Waals surface area contributed by atoms with E-state index < -0.39 is 11.8 Å². The third-order valence-corrected chi connectivity index (χ3v) is 3.30. The lowest BCUT2D eigenvalue weighted by atomic mass is 9.91. The van der Waals surface area contributed by atoms with Gasteiger partial charge in [0.25, 0.3) is 0 Å². The van der Waals surface area contributed by atoms with E-state index in [1.54, 1.807) is 11.0 Å². The van der Waals surface area contributed by atoms with E-state index in [4.69, 9.17) is 4.74 Å². The quantitative estimate of drug-likeness (QED) is 0.499. The normalized spacial score (nSPS) is 33.9. The van der Waals surface area contributed by atoms with Crippen molar-refractivity contribution in [2.75, 3.05) is 0 Å². The van der Waals surface area contributed by atoms with E-state index in [0.717, 1.165) is 0 Å². The lowest BCUT2D eigenvalue weighted by Gasteiger charge is -2.34. The maximum atomic E-state index is 11.9. The van der Waals surface area contributed by atoms with Crippen LogP contribution in [0.25, 0.3) is 0 Å². The zero-order valence-corrected chi connectivity index (χ0v) is 9.95. The highest BCUT2D eigenvalue weighted by molar-refractivity contribution is 5.96. The fraction of sp³-hybridized carbons (Fsp3) is 0.667. The molecule has 2 atom stereocenters. The van der Waals surface area contributed by atoms with Crippen molar-refractivity contribution < 1.29 is 14.3 Å². The molecule has 0 aromatic heterocycles. The molecule has 0 aromatic rings. The van der Waals surface area contributed by atoms with Crippen LogP contribution in [0.3, 0.4) is 0 Å². The van der Waals surface area contributed by atoms with Crippen LogP contribution >= 0.6 is 0 Å². The van der Waals surface area contributed by atoms with E-state index in [2.05, 4.69) is 6.58 Å². The summed E-state index contributed by atoms with van der Waals surface area (Å²) in [4.78, 5) is 25.4. The molecule has 0 aromatic carbocycles. The Bertz CT molecular complexity index is 369. The molecule has 0 aliphatic carbocycles. The summed E-state index contributed by atoms with van der Waals surface area (Å²) >= 11 is 0. The zero-order chi connectivity index (χ0) is 12.1. The second-order valence-electron chi connectivity index (χ2n) is 5.52. The number of cyclic esters (lactones) is 1. The van der Waals surface area contributed by atoms with E-state index in [0.29, 0.717) is 12.8 Å². The molecule has 1 unspecified atom stereocenters. The van der Waals surface area contributed by atoms with Crippen molar-refractivity contribution >= 4 is 11.9 Å². The van der Waals surface area contributed by atoms with Gasteiger partial charge >= 0.3 is 5.97 Å². The van der Waals surface area contributed by atoms with E-state index in [1.807, 2.05) is 20.8 Å². The predicted octanol–water partition coefficient (Wildman–Crippen LogP) is 1.46. The van der Waals surface area contributed by atoms with Crippen LogP contribution in [0.5, 0.6) is 0 Å². The largest absolute Gasteiger partial charge is 0.439 e. The molecule has 0 radical (unpaired) electrons. The van der Waals surface area contributed by atoms with Gasteiger partial charge in [-0.2, -0.15) is 0 Å². The summed E-state index contributed by atoms with van der Waals surface area (Å²) in [6, 6.07) is 0. The summed E-state index contributed by atoms with van der Waals surface area (Å²) in [6.07, 6.45) is 1.95. The van der Waals surface area contributed by atoms with Crippen molar-refractivity contribution in [3.63, 3.8) is 0 Å². The monoisotopic (exact) mass is 223 g/mol. The molecular formula is C12H17NO3. The molecule has 88 valence electrons. The standard InChI is InChI=1S/C12H17NO3/c1-5-12-7-6-8(14)13(12)9(11(2,3)4)16-10(12)15/h5,9H,1,6-7H2,2-4H3/t9?,12-/m0/s1. The smallest absolute Gasteiger partial charge is 0.338 e. The maximum absolute atomic E-state index is 11.9. The highest BCUT2D eigenvalue weighted by Gasteiger charge is 2.61. The first-order chi connectivity index (χ1) is 7.33. The summed E-state index contributed by atoms with van der Waals surface area (Å²) in [7, 11) is 0. The summed E-state index contributed by atoms with van der Waals surface area (Å²) in [5, 5.41) is 0. The molecule has 4 nitrogen and oxygen atoms in total. The summed E-state index contributed by atoms with van der Waals surface area (Å²) < 4.78 is 5.35. The van der Waals surface area contributed by atoms with Gasteiger partial charge < -0.3 is 4.74 Å². The van der Waals surface area contributed by atoms with Gasteiger partial charge in [-0.1, -0.05) is 26.8 Å². The first-order valence-electron chi connectivity index (χ1n) is 5.50. The molecule has 0 bridgehead atoms. The van der Waals surface area contributed by atoms with Crippen LogP contribution in [0.1, 0.15) is 33.6 Å². The number of carbonyl (C=O) groups is 2. The van der Waals surface area contributed by atoms with Crippen LogP contribution in [0.2, 0.25) is 0 Å². The highest BCUT2D eigenvalue weighted by Crippen LogP contribution is 2.45. The van der Waals surface area contributed by atoms with Crippen LogP contribution < -0.4 is 0 Å². The molecule has 16 heavy (non-hydrogen) atoms. The molecular weight excluding hydrogens is 206 g/mol. The first kappa shape index (κ1) is 11.2. The van der Waals surface area contributed by atoms with Crippen molar-refractivity contribution in [1.29, 1.82) is 0 Å².